The summed E-state index contributed by atoms with van der Waals surface area (Å²) in [6.07, 6.45) is 8.57. The molecule has 0 radical (unpaired) electrons. The number of hydrogen-bond acceptors (Lipinski definition) is 5. The number of allylic oxidation sites excluding steroid dienone is 2. The number of halogens is 1. The molecule has 0 atom stereocenters. The number of carbonyl (C=O) groups excluding carboxylic acids is 1. The summed E-state index contributed by atoms with van der Waals surface area (Å²) in [7, 11) is 2.19. The van der Waals surface area contributed by atoms with E-state index in [1.165, 1.54) is 11.3 Å². The molecule has 0 aliphatic carbocycles. The number of hydrogen-bond donors (Lipinski definition) is 2. The fraction of sp³-hybridized carbons (Fsp3) is 0.647. The van der Waals surface area contributed by atoms with Crippen LogP contribution in [0.2, 0.25) is 0 Å². The van der Waals surface area contributed by atoms with Gasteiger partial charge in [0, 0.05) is 75.5 Å². The number of likely N-dealkylation sites (N-methyl/N-ethyl adjacent to an activating group) is 1. The topological polar surface area (TPSA) is 63.2 Å². The van der Waals surface area contributed by atoms with Gasteiger partial charge in [0.15, 0.2) is 0 Å². The van der Waals surface area contributed by atoms with Crippen molar-refractivity contribution in [1.29, 1.82) is 0 Å². The molecule has 0 aromatic heterocycles. The lowest BCUT2D eigenvalue weighted by Gasteiger charge is -2.34. The maximum absolute atomic E-state index is 12.2. The van der Waals surface area contributed by atoms with Gasteiger partial charge in [0.2, 0.25) is 5.91 Å². The van der Waals surface area contributed by atoms with Crippen molar-refractivity contribution in [3.8, 4) is 0 Å². The number of amides is 1. The SMILES string of the molecule is CC.CC/C=C(NCCCN(CCCC)C(=O)CC)/C(Br)=C\N=C(C)Nc1ccc(N2CCN(C)CC2)cc1C(C)C. The second-order valence-corrected chi connectivity index (χ2v) is 11.8. The first kappa shape index (κ1) is 37.7. The van der Waals surface area contributed by atoms with E-state index in [-0.39, 0.29) is 5.91 Å². The number of unbranched alkanes of at least 4 members (excludes halogenated alkanes) is 1. The number of amidine groups is 1. The molecule has 7 nitrogen and oxygen atoms in total. The minimum Gasteiger partial charge on any atom is -0.384 e. The molecule has 42 heavy (non-hydrogen) atoms. The number of piperazine rings is 1. The number of anilines is 2. The molecule has 1 aliphatic heterocycles. The normalized spacial score (nSPS) is 14.9. The smallest absolute Gasteiger partial charge is 0.222 e. The average molecular weight is 648 g/mol. The van der Waals surface area contributed by atoms with Gasteiger partial charge < -0.3 is 25.3 Å². The molecule has 0 unspecified atom stereocenters. The molecule has 1 aromatic carbocycles. The maximum Gasteiger partial charge on any atom is 0.222 e. The molecule has 1 fully saturated rings. The summed E-state index contributed by atoms with van der Waals surface area (Å²) in [5.74, 6) is 1.48. The minimum atomic E-state index is 0.241. The van der Waals surface area contributed by atoms with E-state index in [4.69, 9.17) is 4.99 Å². The van der Waals surface area contributed by atoms with E-state index in [1.807, 2.05) is 38.8 Å². The van der Waals surface area contributed by atoms with Crippen molar-refractivity contribution in [2.75, 3.05) is 63.1 Å². The van der Waals surface area contributed by atoms with Gasteiger partial charge in [0.1, 0.15) is 5.84 Å². The van der Waals surface area contributed by atoms with E-state index >= 15 is 0 Å². The van der Waals surface area contributed by atoms with Crippen LogP contribution in [0.5, 0.6) is 0 Å². The monoisotopic (exact) mass is 646 g/mol. The van der Waals surface area contributed by atoms with Crippen molar-refractivity contribution in [1.82, 2.24) is 15.1 Å². The van der Waals surface area contributed by atoms with E-state index in [0.717, 1.165) is 93.2 Å². The average Bonchev–Trinajstić information content (AvgIpc) is 3.00. The summed E-state index contributed by atoms with van der Waals surface area (Å²) in [6.45, 7) is 23.5. The van der Waals surface area contributed by atoms with Crippen molar-refractivity contribution < 1.29 is 4.79 Å². The first-order valence-electron chi connectivity index (χ1n) is 16.2. The van der Waals surface area contributed by atoms with Crippen molar-refractivity contribution in [3.05, 3.63) is 46.2 Å². The molecular formula is C34H59BrN6O. The van der Waals surface area contributed by atoms with Crippen LogP contribution in [0.3, 0.4) is 0 Å². The number of nitrogens with zero attached hydrogens (tertiary/aromatic N) is 4. The summed E-state index contributed by atoms with van der Waals surface area (Å²) in [5.41, 5.74) is 4.74. The van der Waals surface area contributed by atoms with Gasteiger partial charge in [-0.25, -0.2) is 4.99 Å². The van der Waals surface area contributed by atoms with Gasteiger partial charge in [-0.15, -0.1) is 0 Å². The van der Waals surface area contributed by atoms with Gasteiger partial charge in [-0.2, -0.15) is 0 Å². The summed E-state index contributed by atoms with van der Waals surface area (Å²) in [6, 6.07) is 6.75. The van der Waals surface area contributed by atoms with Crippen LogP contribution in [0.4, 0.5) is 11.4 Å². The zero-order valence-corrected chi connectivity index (χ0v) is 29.6. The van der Waals surface area contributed by atoms with Crippen LogP contribution in [0.1, 0.15) is 99.0 Å². The molecule has 238 valence electrons. The number of benzene rings is 1. The third-order valence-corrected chi connectivity index (χ3v) is 7.87. The second-order valence-electron chi connectivity index (χ2n) is 10.9. The Hall–Kier alpha value is -2.32. The Morgan fingerprint density at radius 2 is 1.76 bits per heavy atom. The maximum atomic E-state index is 12.2. The fourth-order valence-electron chi connectivity index (χ4n) is 4.74. The Morgan fingerprint density at radius 3 is 2.36 bits per heavy atom. The van der Waals surface area contributed by atoms with Gasteiger partial charge in [-0.3, -0.25) is 4.79 Å². The van der Waals surface area contributed by atoms with E-state index in [1.54, 1.807) is 0 Å². The molecule has 1 heterocycles. The third kappa shape index (κ3) is 13.3. The van der Waals surface area contributed by atoms with Crippen molar-refractivity contribution in [2.24, 2.45) is 4.99 Å². The lowest BCUT2D eigenvalue weighted by molar-refractivity contribution is -0.131. The summed E-state index contributed by atoms with van der Waals surface area (Å²) in [4.78, 5) is 23.8. The van der Waals surface area contributed by atoms with Crippen LogP contribution in [-0.2, 0) is 4.79 Å². The number of nitrogens with one attached hydrogen (secondary N) is 2. The fourth-order valence-corrected chi connectivity index (χ4v) is 5.14. The third-order valence-electron chi connectivity index (χ3n) is 7.24. The molecule has 2 N–H and O–H groups in total. The van der Waals surface area contributed by atoms with Gasteiger partial charge >= 0.3 is 0 Å². The van der Waals surface area contributed by atoms with Crippen LogP contribution in [0, 0.1) is 0 Å². The van der Waals surface area contributed by atoms with E-state index in [2.05, 4.69) is 95.4 Å². The number of aliphatic imine (C=N–C) groups is 1. The predicted octanol–water partition coefficient (Wildman–Crippen LogP) is 7.97. The first-order chi connectivity index (χ1) is 20.2. The zero-order chi connectivity index (χ0) is 31.5. The highest BCUT2D eigenvalue weighted by molar-refractivity contribution is 9.12. The van der Waals surface area contributed by atoms with Crippen LogP contribution in [0.15, 0.2) is 45.6 Å². The summed E-state index contributed by atoms with van der Waals surface area (Å²) < 4.78 is 0.914. The highest BCUT2D eigenvalue weighted by Gasteiger charge is 2.17. The standard InChI is InChI=1S/C32H53BrN6O.C2H6/c1-8-11-17-39(32(40)10-3)18-12-16-34-31(13-9-2)29(33)24-35-26(6)36-30-15-14-27(23-28(30)25(4)5)38-21-19-37(7)20-22-38;1-2/h13-15,23-25,34H,8-12,16-22H2,1-7H3,(H,35,36);1-2H3/b29-24+,31-13-;. The molecule has 0 saturated carbocycles. The Kier molecular flexibility index (Phi) is 19.2. The summed E-state index contributed by atoms with van der Waals surface area (Å²) in [5, 5.41) is 7.07. The van der Waals surface area contributed by atoms with Crippen molar-refractivity contribution >= 4 is 39.0 Å². The predicted molar refractivity (Wildman–Crippen MR) is 188 cm³/mol. The molecule has 1 saturated heterocycles. The minimum absolute atomic E-state index is 0.241. The van der Waals surface area contributed by atoms with E-state index in [0.29, 0.717) is 12.3 Å². The zero-order valence-electron chi connectivity index (χ0n) is 28.0. The molecule has 0 spiro atoms. The highest BCUT2D eigenvalue weighted by Crippen LogP contribution is 2.30. The lowest BCUT2D eigenvalue weighted by Crippen LogP contribution is -2.44. The Morgan fingerprint density at radius 1 is 1.10 bits per heavy atom. The number of carbonyl (C=O) groups is 1. The van der Waals surface area contributed by atoms with E-state index in [9.17, 15) is 4.79 Å². The number of rotatable bonds is 15. The second kappa shape index (κ2) is 21.4. The molecule has 1 aliphatic rings. The lowest BCUT2D eigenvalue weighted by atomic mass is 9.99. The van der Waals surface area contributed by atoms with Gasteiger partial charge in [-0.05, 0) is 78.8 Å². The first-order valence-corrected chi connectivity index (χ1v) is 17.0. The van der Waals surface area contributed by atoms with Crippen molar-refractivity contribution in [2.45, 2.75) is 93.4 Å². The van der Waals surface area contributed by atoms with Gasteiger partial charge in [0.05, 0.1) is 4.48 Å². The Balaban J connectivity index is 0.00000431. The quantitative estimate of drug-likeness (QED) is 0.0876. The Labute approximate surface area is 266 Å². The van der Waals surface area contributed by atoms with E-state index < -0.39 is 0 Å². The van der Waals surface area contributed by atoms with Gasteiger partial charge in [-0.1, -0.05) is 61.0 Å². The van der Waals surface area contributed by atoms with Crippen LogP contribution in [0.25, 0.3) is 0 Å². The van der Waals surface area contributed by atoms with Crippen LogP contribution in [-0.4, -0.2) is 74.4 Å². The molecule has 1 amide bonds. The molecular weight excluding hydrogens is 588 g/mol. The van der Waals surface area contributed by atoms with Crippen LogP contribution >= 0.6 is 15.9 Å². The Bertz CT molecular complexity index is 1010. The highest BCUT2D eigenvalue weighted by atomic mass is 79.9. The van der Waals surface area contributed by atoms with Gasteiger partial charge in [0.25, 0.3) is 0 Å². The molecule has 2 rings (SSSR count). The molecule has 8 heteroatoms. The largest absolute Gasteiger partial charge is 0.384 e. The van der Waals surface area contributed by atoms with Crippen molar-refractivity contribution in [3.63, 3.8) is 0 Å². The molecule has 0 bridgehead atoms. The molecule has 1 aromatic rings. The summed E-state index contributed by atoms with van der Waals surface area (Å²) >= 11 is 3.73. The van der Waals surface area contributed by atoms with Crippen LogP contribution < -0.4 is 15.5 Å².